The van der Waals surface area contributed by atoms with Crippen LogP contribution in [0.2, 0.25) is 0 Å². The minimum atomic E-state index is -0.299. The number of aliphatic hydroxyl groups is 1. The number of hydrogen-bond donors (Lipinski definition) is 1. The summed E-state index contributed by atoms with van der Waals surface area (Å²) < 4.78 is 8.33. The molecule has 6 heteroatoms. The first-order valence-electron chi connectivity index (χ1n) is 8.41. The quantitative estimate of drug-likeness (QED) is 0.727. The predicted octanol–water partition coefficient (Wildman–Crippen LogP) is 3.64. The largest absolute Gasteiger partial charge is 0.448 e. The SMILES string of the molecule is O=C(c1cc2oc(Br)cc2n1Cc1ccccc1)N1CCC(O)CC1. The third kappa shape index (κ3) is 3.24. The van der Waals surface area contributed by atoms with Gasteiger partial charge in [0, 0.05) is 31.8 Å². The van der Waals surface area contributed by atoms with Crippen LogP contribution in [0.1, 0.15) is 28.9 Å². The summed E-state index contributed by atoms with van der Waals surface area (Å²) in [4.78, 5) is 14.9. The molecule has 0 unspecified atom stereocenters. The van der Waals surface area contributed by atoms with E-state index in [9.17, 15) is 9.90 Å². The molecule has 0 spiro atoms. The zero-order valence-electron chi connectivity index (χ0n) is 13.7. The molecule has 5 nitrogen and oxygen atoms in total. The van der Waals surface area contributed by atoms with Gasteiger partial charge in [-0.05, 0) is 34.3 Å². The van der Waals surface area contributed by atoms with Crippen molar-refractivity contribution in [2.75, 3.05) is 13.1 Å². The molecule has 3 heterocycles. The molecule has 0 radical (unpaired) electrons. The monoisotopic (exact) mass is 402 g/mol. The lowest BCUT2D eigenvalue weighted by Gasteiger charge is -2.29. The second-order valence-electron chi connectivity index (χ2n) is 6.42. The lowest BCUT2D eigenvalue weighted by Crippen LogP contribution is -2.40. The van der Waals surface area contributed by atoms with Crippen LogP contribution in [-0.4, -0.2) is 39.7 Å². The minimum Gasteiger partial charge on any atom is -0.448 e. The van der Waals surface area contributed by atoms with Crippen molar-refractivity contribution in [1.29, 1.82) is 0 Å². The number of amides is 1. The molecule has 1 fully saturated rings. The maximum Gasteiger partial charge on any atom is 0.270 e. The molecule has 1 saturated heterocycles. The Kier molecular flexibility index (Phi) is 4.39. The Morgan fingerprint density at radius 3 is 2.64 bits per heavy atom. The fourth-order valence-corrected chi connectivity index (χ4v) is 3.75. The average Bonchev–Trinajstić information content (AvgIpc) is 3.13. The van der Waals surface area contributed by atoms with Crippen LogP contribution in [0.3, 0.4) is 0 Å². The molecule has 4 rings (SSSR count). The second kappa shape index (κ2) is 6.69. The molecule has 3 aromatic rings. The van der Waals surface area contributed by atoms with Gasteiger partial charge in [-0.15, -0.1) is 0 Å². The topological polar surface area (TPSA) is 58.6 Å². The van der Waals surface area contributed by atoms with E-state index in [1.165, 1.54) is 0 Å². The van der Waals surface area contributed by atoms with E-state index in [1.54, 1.807) is 0 Å². The van der Waals surface area contributed by atoms with Crippen molar-refractivity contribution in [1.82, 2.24) is 9.47 Å². The number of halogens is 1. The van der Waals surface area contributed by atoms with E-state index in [1.807, 2.05) is 51.9 Å². The van der Waals surface area contributed by atoms with E-state index < -0.39 is 0 Å². The summed E-state index contributed by atoms with van der Waals surface area (Å²) in [6, 6.07) is 13.8. The van der Waals surface area contributed by atoms with Gasteiger partial charge < -0.3 is 19.0 Å². The van der Waals surface area contributed by atoms with Crippen LogP contribution >= 0.6 is 15.9 Å². The molecule has 1 N–H and O–H groups in total. The molecular formula is C19H19BrN2O3. The van der Waals surface area contributed by atoms with Gasteiger partial charge in [0.25, 0.3) is 5.91 Å². The molecule has 0 bridgehead atoms. The Balaban J connectivity index is 1.71. The number of piperidine rings is 1. The normalized spacial score (nSPS) is 15.8. The molecule has 25 heavy (non-hydrogen) atoms. The molecule has 130 valence electrons. The van der Waals surface area contributed by atoms with Crippen molar-refractivity contribution in [3.63, 3.8) is 0 Å². The molecule has 1 amide bonds. The van der Waals surface area contributed by atoms with E-state index in [-0.39, 0.29) is 12.0 Å². The molecule has 2 aromatic heterocycles. The standard InChI is InChI=1S/C19H19BrN2O3/c20-18-11-15-17(25-18)10-16(19(24)21-8-6-14(23)7-9-21)22(15)12-13-4-2-1-3-5-13/h1-5,10-11,14,23H,6-9,12H2. The van der Waals surface area contributed by atoms with Gasteiger partial charge in [-0.25, -0.2) is 0 Å². The lowest BCUT2D eigenvalue weighted by atomic mass is 10.1. The van der Waals surface area contributed by atoms with Crippen LogP contribution < -0.4 is 0 Å². The van der Waals surface area contributed by atoms with Gasteiger partial charge >= 0.3 is 0 Å². The highest BCUT2D eigenvalue weighted by Crippen LogP contribution is 2.29. The van der Waals surface area contributed by atoms with Gasteiger partial charge in [0.15, 0.2) is 10.3 Å². The number of hydrogen-bond acceptors (Lipinski definition) is 3. The smallest absolute Gasteiger partial charge is 0.270 e. The number of aromatic nitrogens is 1. The van der Waals surface area contributed by atoms with E-state index in [0.29, 0.717) is 48.4 Å². The number of carbonyl (C=O) groups excluding carboxylic acids is 1. The van der Waals surface area contributed by atoms with Gasteiger partial charge in [0.1, 0.15) is 5.69 Å². The van der Waals surface area contributed by atoms with Crippen molar-refractivity contribution in [3.05, 3.63) is 58.4 Å². The van der Waals surface area contributed by atoms with E-state index in [0.717, 1.165) is 11.1 Å². The number of aliphatic hydroxyl groups excluding tert-OH is 1. The van der Waals surface area contributed by atoms with E-state index in [2.05, 4.69) is 15.9 Å². The first-order valence-corrected chi connectivity index (χ1v) is 9.21. The van der Waals surface area contributed by atoms with Crippen LogP contribution in [-0.2, 0) is 6.54 Å². The van der Waals surface area contributed by atoms with Crippen molar-refractivity contribution in [2.45, 2.75) is 25.5 Å². The number of rotatable bonds is 3. The van der Waals surface area contributed by atoms with Crippen molar-refractivity contribution in [2.24, 2.45) is 0 Å². The molecule has 1 aliphatic heterocycles. The fourth-order valence-electron chi connectivity index (χ4n) is 3.36. The summed E-state index contributed by atoms with van der Waals surface area (Å²) in [7, 11) is 0. The Labute approximate surface area is 154 Å². The summed E-state index contributed by atoms with van der Waals surface area (Å²) >= 11 is 3.37. The number of carbonyl (C=O) groups is 1. The third-order valence-corrected chi connectivity index (χ3v) is 5.10. The molecule has 1 aromatic carbocycles. The van der Waals surface area contributed by atoms with Crippen molar-refractivity contribution in [3.8, 4) is 0 Å². The molecule has 1 aliphatic rings. The van der Waals surface area contributed by atoms with Crippen LogP contribution in [0, 0.1) is 0 Å². The van der Waals surface area contributed by atoms with Gasteiger partial charge in [0.05, 0.1) is 11.6 Å². The maximum absolute atomic E-state index is 13.0. The first-order chi connectivity index (χ1) is 12.1. The zero-order chi connectivity index (χ0) is 17.4. The second-order valence-corrected chi connectivity index (χ2v) is 7.21. The summed E-state index contributed by atoms with van der Waals surface area (Å²) in [6.45, 7) is 1.77. The maximum atomic E-state index is 13.0. The number of nitrogens with zero attached hydrogens (tertiary/aromatic N) is 2. The zero-order valence-corrected chi connectivity index (χ0v) is 15.3. The highest BCUT2D eigenvalue weighted by Gasteiger charge is 2.26. The van der Waals surface area contributed by atoms with Crippen LogP contribution in [0.4, 0.5) is 0 Å². The summed E-state index contributed by atoms with van der Waals surface area (Å²) in [5.74, 6) is -0.00893. The van der Waals surface area contributed by atoms with Crippen LogP contribution in [0.5, 0.6) is 0 Å². The Bertz CT molecular complexity index is 892. The summed E-state index contributed by atoms with van der Waals surface area (Å²) in [5, 5.41) is 9.68. The van der Waals surface area contributed by atoms with Crippen molar-refractivity contribution < 1.29 is 14.3 Å². The number of fused-ring (bicyclic) bond motifs is 1. The molecule has 0 saturated carbocycles. The summed E-state index contributed by atoms with van der Waals surface area (Å²) in [6.07, 6.45) is 0.965. The highest BCUT2D eigenvalue weighted by atomic mass is 79.9. The molecule has 0 atom stereocenters. The van der Waals surface area contributed by atoms with Crippen molar-refractivity contribution >= 4 is 32.9 Å². The Morgan fingerprint density at radius 2 is 1.92 bits per heavy atom. The Morgan fingerprint density at radius 1 is 1.20 bits per heavy atom. The summed E-state index contributed by atoms with van der Waals surface area (Å²) in [5.41, 5.74) is 3.35. The van der Waals surface area contributed by atoms with Gasteiger partial charge in [-0.2, -0.15) is 0 Å². The van der Waals surface area contributed by atoms with E-state index >= 15 is 0 Å². The number of likely N-dealkylation sites (tertiary alicyclic amines) is 1. The number of benzene rings is 1. The molecule has 0 aliphatic carbocycles. The van der Waals surface area contributed by atoms with Crippen LogP contribution in [0.25, 0.3) is 11.1 Å². The number of furan rings is 1. The third-order valence-electron chi connectivity index (χ3n) is 4.71. The average molecular weight is 403 g/mol. The van der Waals surface area contributed by atoms with Gasteiger partial charge in [-0.1, -0.05) is 30.3 Å². The first kappa shape index (κ1) is 16.4. The molecular weight excluding hydrogens is 384 g/mol. The highest BCUT2D eigenvalue weighted by molar-refractivity contribution is 9.10. The van der Waals surface area contributed by atoms with Gasteiger partial charge in [-0.3, -0.25) is 4.79 Å². The fraction of sp³-hybridized carbons (Fsp3) is 0.316. The predicted molar refractivity (Wildman–Crippen MR) is 98.6 cm³/mol. The minimum absolute atomic E-state index is 0.00893. The van der Waals surface area contributed by atoms with Gasteiger partial charge in [0.2, 0.25) is 0 Å². The Hall–Kier alpha value is -2.05. The lowest BCUT2D eigenvalue weighted by molar-refractivity contribution is 0.0538. The van der Waals surface area contributed by atoms with E-state index in [4.69, 9.17) is 4.42 Å². The van der Waals surface area contributed by atoms with Crippen LogP contribution in [0.15, 0.2) is 51.6 Å².